The van der Waals surface area contributed by atoms with Gasteiger partial charge in [0.1, 0.15) is 0 Å². The van der Waals surface area contributed by atoms with Crippen molar-refractivity contribution in [2.75, 3.05) is 30.3 Å². The first-order chi connectivity index (χ1) is 12.2. The van der Waals surface area contributed by atoms with E-state index in [9.17, 15) is 8.42 Å². The molecule has 0 saturated carbocycles. The molecule has 144 valence electrons. The minimum atomic E-state index is -4.03. The van der Waals surface area contributed by atoms with E-state index < -0.39 is 10.1 Å². The molecular weight excluding hydrogens is 352 g/mol. The standard InChI is InChI=1S/C12H20N2O.C7H8O3S/c1-3-14(7-4-8-15)11-5-6-12(13)10(2)9-11;1-6-4-2-3-5-7(6)11(8,9)10/h5-6,9,15H,3-4,7-8,13H2,1-2H3;2-5H,1H3,(H,8,9,10). The molecule has 6 nitrogen and oxygen atoms in total. The normalized spacial score (nSPS) is 10.8. The van der Waals surface area contributed by atoms with Crippen molar-refractivity contribution in [1.82, 2.24) is 0 Å². The lowest BCUT2D eigenvalue weighted by atomic mass is 10.1. The number of benzene rings is 2. The number of hydrogen-bond donors (Lipinski definition) is 3. The third-order valence-electron chi connectivity index (χ3n) is 3.96. The number of aryl methyl sites for hydroxylation is 2. The number of rotatable bonds is 6. The Balaban J connectivity index is 0.000000273. The molecule has 26 heavy (non-hydrogen) atoms. The van der Waals surface area contributed by atoms with Gasteiger partial charge in [0.25, 0.3) is 10.1 Å². The highest BCUT2D eigenvalue weighted by Crippen LogP contribution is 2.20. The molecule has 0 fully saturated rings. The second kappa shape index (κ2) is 10.2. The summed E-state index contributed by atoms with van der Waals surface area (Å²) in [6.45, 7) is 7.83. The highest BCUT2D eigenvalue weighted by molar-refractivity contribution is 7.85. The van der Waals surface area contributed by atoms with E-state index in [0.29, 0.717) is 5.56 Å². The number of anilines is 2. The zero-order chi connectivity index (χ0) is 19.7. The molecule has 2 aromatic rings. The Labute approximate surface area is 156 Å². The summed E-state index contributed by atoms with van der Waals surface area (Å²) in [5.74, 6) is 0. The Morgan fingerprint density at radius 2 is 1.73 bits per heavy atom. The summed E-state index contributed by atoms with van der Waals surface area (Å²) in [5, 5.41) is 8.81. The number of nitrogen functional groups attached to an aromatic ring is 1. The largest absolute Gasteiger partial charge is 0.399 e. The number of nitrogens with zero attached hydrogens (tertiary/aromatic N) is 1. The molecule has 0 heterocycles. The first kappa shape index (κ1) is 22.0. The Morgan fingerprint density at radius 3 is 2.19 bits per heavy atom. The highest BCUT2D eigenvalue weighted by Gasteiger charge is 2.10. The summed E-state index contributed by atoms with van der Waals surface area (Å²) in [6, 6.07) is 12.3. The zero-order valence-corrected chi connectivity index (χ0v) is 16.3. The van der Waals surface area contributed by atoms with Crippen LogP contribution in [0.25, 0.3) is 0 Å². The van der Waals surface area contributed by atoms with E-state index in [1.165, 1.54) is 11.8 Å². The third-order valence-corrected chi connectivity index (χ3v) is 4.97. The molecule has 0 atom stereocenters. The quantitative estimate of drug-likeness (QED) is 0.526. The van der Waals surface area contributed by atoms with Crippen LogP contribution in [0.4, 0.5) is 11.4 Å². The minimum absolute atomic E-state index is 0.0278. The Hall–Kier alpha value is -2.09. The summed E-state index contributed by atoms with van der Waals surface area (Å²) < 4.78 is 29.9. The molecule has 0 unspecified atom stereocenters. The first-order valence-corrected chi connectivity index (χ1v) is 9.89. The maximum atomic E-state index is 10.6. The van der Waals surface area contributed by atoms with Crippen molar-refractivity contribution in [3.8, 4) is 0 Å². The molecule has 0 bridgehead atoms. The van der Waals surface area contributed by atoms with E-state index in [1.807, 2.05) is 19.1 Å². The van der Waals surface area contributed by atoms with E-state index in [2.05, 4.69) is 17.9 Å². The van der Waals surface area contributed by atoms with Crippen LogP contribution in [-0.4, -0.2) is 37.8 Å². The van der Waals surface area contributed by atoms with E-state index in [4.69, 9.17) is 15.4 Å². The molecule has 0 amide bonds. The van der Waals surface area contributed by atoms with Gasteiger partial charge in [0.2, 0.25) is 0 Å². The van der Waals surface area contributed by atoms with Gasteiger partial charge in [0.05, 0.1) is 4.90 Å². The van der Waals surface area contributed by atoms with Crippen molar-refractivity contribution < 1.29 is 18.1 Å². The third kappa shape index (κ3) is 6.67. The minimum Gasteiger partial charge on any atom is -0.399 e. The van der Waals surface area contributed by atoms with Crippen LogP contribution < -0.4 is 10.6 Å². The lowest BCUT2D eigenvalue weighted by Crippen LogP contribution is -2.24. The second-order valence-electron chi connectivity index (χ2n) is 5.94. The maximum Gasteiger partial charge on any atom is 0.294 e. The molecule has 0 aliphatic carbocycles. The van der Waals surface area contributed by atoms with Crippen molar-refractivity contribution in [2.45, 2.75) is 32.1 Å². The Bertz CT molecular complexity index is 807. The van der Waals surface area contributed by atoms with Crippen LogP contribution in [0.2, 0.25) is 0 Å². The lowest BCUT2D eigenvalue weighted by Gasteiger charge is -2.23. The van der Waals surface area contributed by atoms with Gasteiger partial charge in [-0.05, 0) is 62.6 Å². The van der Waals surface area contributed by atoms with Crippen molar-refractivity contribution in [3.05, 3.63) is 53.6 Å². The Kier molecular flexibility index (Phi) is 8.57. The molecule has 2 rings (SSSR count). The van der Waals surface area contributed by atoms with Gasteiger partial charge >= 0.3 is 0 Å². The summed E-state index contributed by atoms with van der Waals surface area (Å²) in [4.78, 5) is 2.21. The number of aliphatic hydroxyl groups is 1. The van der Waals surface area contributed by atoms with Crippen LogP contribution in [0.3, 0.4) is 0 Å². The van der Waals surface area contributed by atoms with E-state index in [-0.39, 0.29) is 11.5 Å². The van der Waals surface area contributed by atoms with Crippen molar-refractivity contribution in [2.24, 2.45) is 0 Å². The monoisotopic (exact) mass is 380 g/mol. The zero-order valence-electron chi connectivity index (χ0n) is 15.5. The summed E-state index contributed by atoms with van der Waals surface area (Å²) in [5.41, 5.74) is 9.44. The molecule has 7 heteroatoms. The fourth-order valence-electron chi connectivity index (χ4n) is 2.43. The van der Waals surface area contributed by atoms with Gasteiger partial charge in [0, 0.05) is 31.1 Å². The number of hydrogen-bond acceptors (Lipinski definition) is 5. The molecule has 0 aliphatic rings. The second-order valence-corrected chi connectivity index (χ2v) is 7.33. The molecule has 0 radical (unpaired) electrons. The predicted octanol–water partition coefficient (Wildman–Crippen LogP) is 3.03. The van der Waals surface area contributed by atoms with E-state index in [0.717, 1.165) is 30.8 Å². The van der Waals surface area contributed by atoms with Crippen molar-refractivity contribution >= 4 is 21.5 Å². The first-order valence-electron chi connectivity index (χ1n) is 8.45. The Morgan fingerprint density at radius 1 is 1.08 bits per heavy atom. The van der Waals surface area contributed by atoms with Crippen LogP contribution in [0.1, 0.15) is 24.5 Å². The highest BCUT2D eigenvalue weighted by atomic mass is 32.2. The van der Waals surface area contributed by atoms with Gasteiger partial charge in [-0.1, -0.05) is 18.2 Å². The molecule has 0 aromatic heterocycles. The predicted molar refractivity (Wildman–Crippen MR) is 106 cm³/mol. The lowest BCUT2D eigenvalue weighted by molar-refractivity contribution is 0.289. The van der Waals surface area contributed by atoms with Gasteiger partial charge in [-0.3, -0.25) is 4.55 Å². The summed E-state index contributed by atoms with van der Waals surface area (Å²) >= 11 is 0. The van der Waals surface area contributed by atoms with Crippen LogP contribution in [0.5, 0.6) is 0 Å². The fourth-order valence-corrected chi connectivity index (χ4v) is 3.16. The van der Waals surface area contributed by atoms with Crippen LogP contribution >= 0.6 is 0 Å². The smallest absolute Gasteiger partial charge is 0.294 e. The average Bonchev–Trinajstić information content (AvgIpc) is 2.58. The van der Waals surface area contributed by atoms with Crippen LogP contribution in [0, 0.1) is 13.8 Å². The van der Waals surface area contributed by atoms with E-state index in [1.54, 1.807) is 25.1 Å². The summed E-state index contributed by atoms with van der Waals surface area (Å²) in [7, 11) is -4.03. The van der Waals surface area contributed by atoms with Gasteiger partial charge < -0.3 is 15.7 Å². The van der Waals surface area contributed by atoms with Gasteiger partial charge in [-0.25, -0.2) is 0 Å². The molecule has 2 aromatic carbocycles. The van der Waals surface area contributed by atoms with Crippen LogP contribution in [0.15, 0.2) is 47.4 Å². The summed E-state index contributed by atoms with van der Waals surface area (Å²) in [6.07, 6.45) is 0.803. The molecule has 0 spiro atoms. The molecular formula is C19H28N2O4S. The SMILES string of the molecule is CCN(CCCO)c1ccc(N)c(C)c1.Cc1ccccc1S(=O)(=O)O. The topological polar surface area (TPSA) is 104 Å². The van der Waals surface area contributed by atoms with Gasteiger partial charge in [-0.2, -0.15) is 8.42 Å². The van der Waals surface area contributed by atoms with Gasteiger partial charge in [-0.15, -0.1) is 0 Å². The fraction of sp³-hybridized carbons (Fsp3) is 0.368. The maximum absolute atomic E-state index is 10.6. The van der Waals surface area contributed by atoms with Crippen LogP contribution in [-0.2, 0) is 10.1 Å². The van der Waals surface area contributed by atoms with Gasteiger partial charge in [0.15, 0.2) is 0 Å². The average molecular weight is 381 g/mol. The number of nitrogens with two attached hydrogens (primary N) is 1. The van der Waals surface area contributed by atoms with Crippen molar-refractivity contribution in [1.29, 1.82) is 0 Å². The molecule has 4 N–H and O–H groups in total. The van der Waals surface area contributed by atoms with Crippen molar-refractivity contribution in [3.63, 3.8) is 0 Å². The molecule has 0 saturated heterocycles. The van der Waals surface area contributed by atoms with E-state index >= 15 is 0 Å². The molecule has 0 aliphatic heterocycles. The number of aliphatic hydroxyl groups excluding tert-OH is 1.